The van der Waals surface area contributed by atoms with Gasteiger partial charge in [-0.3, -0.25) is 4.79 Å². The topological polar surface area (TPSA) is 98.9 Å². The van der Waals surface area contributed by atoms with Gasteiger partial charge in [0.05, 0.1) is 6.10 Å². The van der Waals surface area contributed by atoms with Crippen molar-refractivity contribution < 1.29 is 23.5 Å². The van der Waals surface area contributed by atoms with Gasteiger partial charge in [0.1, 0.15) is 6.10 Å². The van der Waals surface area contributed by atoms with Gasteiger partial charge < -0.3 is 19.7 Å². The Morgan fingerprint density at radius 3 is 2.21 bits per heavy atom. The first-order valence-electron chi connectivity index (χ1n) is 10.6. The van der Waals surface area contributed by atoms with Crippen molar-refractivity contribution in [3.8, 4) is 0 Å². The molecule has 1 saturated carbocycles. The number of rotatable bonds is 10. The van der Waals surface area contributed by atoms with Crippen LogP contribution in [0.5, 0.6) is 0 Å². The van der Waals surface area contributed by atoms with Gasteiger partial charge in [-0.2, -0.15) is 0 Å². The fourth-order valence-corrected chi connectivity index (χ4v) is 17.7. The number of aliphatic hydroxyl groups excluding tert-OH is 1. The van der Waals surface area contributed by atoms with Crippen LogP contribution in [0.1, 0.15) is 19.3 Å². The summed E-state index contributed by atoms with van der Waals surface area (Å²) in [6, 6.07) is 1.10. The normalized spacial score (nSPS) is 24.7. The molecule has 1 rings (SSSR count). The fraction of sp³-hybridized carbons (Fsp3) is 0.800. The summed E-state index contributed by atoms with van der Waals surface area (Å²) in [7, 11) is -4.87. The van der Waals surface area contributed by atoms with Crippen molar-refractivity contribution in [3.05, 3.63) is 12.7 Å². The van der Waals surface area contributed by atoms with Crippen LogP contribution in [0, 0.1) is 0 Å². The van der Waals surface area contributed by atoms with E-state index < -0.39 is 54.7 Å². The Morgan fingerprint density at radius 1 is 1.14 bits per heavy atom. The summed E-state index contributed by atoms with van der Waals surface area (Å²) in [5.74, 6) is -1.38. The molecule has 0 aromatic heterocycles. The molecule has 4 unspecified atom stereocenters. The van der Waals surface area contributed by atoms with Gasteiger partial charge in [0.25, 0.3) is 0 Å². The van der Waals surface area contributed by atoms with Gasteiger partial charge in [-0.15, -0.1) is 0 Å². The van der Waals surface area contributed by atoms with Crippen LogP contribution < -0.4 is 5.73 Å². The monoisotopic (exact) mass is 459 g/mol. The molecule has 0 amide bonds. The second-order valence-electron chi connectivity index (χ2n) is 10.7. The number of esters is 1. The lowest BCUT2D eigenvalue weighted by atomic mass is 9.94. The van der Waals surface area contributed by atoms with E-state index in [4.69, 9.17) is 14.6 Å². The summed E-state index contributed by atoms with van der Waals surface area (Å²) >= 11 is 0. The van der Waals surface area contributed by atoms with Crippen LogP contribution in [-0.4, -0.2) is 59.8 Å². The van der Waals surface area contributed by atoms with Crippen LogP contribution in [0.4, 0.5) is 0 Å². The van der Waals surface area contributed by atoms with Crippen LogP contribution in [0.15, 0.2) is 12.7 Å². The van der Waals surface area contributed by atoms with Crippen LogP contribution >= 0.6 is 0 Å². The molecule has 3 N–H and O–H groups in total. The predicted molar refractivity (Wildman–Crippen MR) is 126 cm³/mol. The summed E-state index contributed by atoms with van der Waals surface area (Å²) in [5.41, 5.74) is 5.89. The molecule has 1 aliphatic rings. The van der Waals surface area contributed by atoms with Gasteiger partial charge in [-0.05, 0) is 63.1 Å². The standard InChI is InChI=1S/C20H41NO5Si3/c1-9-16(22)19(21)20(24)25-18-11-10-15(14-17(18)23)29(7,8)26-28(5,6)13-12-27(2,3)4/h9,15,17-19,23H,1,10-14,21H2,2-8H3. The Bertz CT molecular complexity index is 603. The van der Waals surface area contributed by atoms with E-state index in [1.165, 1.54) is 12.1 Å². The van der Waals surface area contributed by atoms with E-state index in [-0.39, 0.29) is 0 Å². The number of ether oxygens (including phenoxy) is 1. The smallest absolute Gasteiger partial charge is 0.331 e. The maximum Gasteiger partial charge on any atom is 0.331 e. The maximum absolute atomic E-state index is 12.0. The number of hydrogen-bond donors (Lipinski definition) is 2. The Hall–Kier alpha value is -0.589. The zero-order valence-corrected chi connectivity index (χ0v) is 22.3. The van der Waals surface area contributed by atoms with Crippen LogP contribution in [-0.2, 0) is 18.4 Å². The molecule has 4 atom stereocenters. The van der Waals surface area contributed by atoms with Gasteiger partial charge in [0, 0.05) is 8.07 Å². The maximum atomic E-state index is 12.0. The molecule has 0 aromatic rings. The number of carbonyl (C=O) groups is 2. The number of carbonyl (C=O) groups excluding carboxylic acids is 2. The summed E-state index contributed by atoms with van der Waals surface area (Å²) in [4.78, 5) is 23.5. The average Bonchev–Trinajstić information content (AvgIpc) is 2.58. The minimum atomic E-state index is -2.01. The first kappa shape index (κ1) is 26.4. The molecule has 0 heterocycles. The first-order chi connectivity index (χ1) is 13.1. The molecule has 6 nitrogen and oxygen atoms in total. The SMILES string of the molecule is C=CC(=O)C(N)C(=O)OC1CCC([Si](C)(C)O[Si](C)(C)CC[Si](C)(C)C)CC1O. The molecule has 0 radical (unpaired) electrons. The third-order valence-corrected chi connectivity index (χ3v) is 16.3. The highest BCUT2D eigenvalue weighted by Gasteiger charge is 2.44. The molecule has 1 aliphatic carbocycles. The molecule has 0 saturated heterocycles. The molecule has 0 aromatic carbocycles. The minimum Gasteiger partial charge on any atom is -0.458 e. The third kappa shape index (κ3) is 8.58. The molecule has 9 heteroatoms. The highest BCUT2D eigenvalue weighted by molar-refractivity contribution is 6.86. The molecule has 29 heavy (non-hydrogen) atoms. The van der Waals surface area contributed by atoms with Gasteiger partial charge in [0.15, 0.2) is 28.5 Å². The Labute approximate surface area is 179 Å². The number of aliphatic hydroxyl groups is 1. The van der Waals surface area contributed by atoms with Crippen molar-refractivity contribution in [2.45, 2.75) is 101 Å². The van der Waals surface area contributed by atoms with Crippen LogP contribution in [0.25, 0.3) is 0 Å². The zero-order valence-electron chi connectivity index (χ0n) is 19.3. The largest absolute Gasteiger partial charge is 0.458 e. The van der Waals surface area contributed by atoms with Gasteiger partial charge in [0.2, 0.25) is 0 Å². The lowest BCUT2D eigenvalue weighted by molar-refractivity contribution is -0.160. The molecule has 168 valence electrons. The molecule has 1 fully saturated rings. The Morgan fingerprint density at radius 2 is 1.72 bits per heavy atom. The fourth-order valence-electron chi connectivity index (χ4n) is 3.88. The molecule has 0 aliphatic heterocycles. The first-order valence-corrected chi connectivity index (χ1v) is 20.4. The van der Waals surface area contributed by atoms with E-state index in [1.54, 1.807) is 0 Å². The van der Waals surface area contributed by atoms with Crippen molar-refractivity contribution in [1.29, 1.82) is 0 Å². The molecule has 0 spiro atoms. The van der Waals surface area contributed by atoms with Gasteiger partial charge >= 0.3 is 5.97 Å². The number of hydrogen-bond acceptors (Lipinski definition) is 6. The lowest BCUT2D eigenvalue weighted by Crippen LogP contribution is -2.51. The van der Waals surface area contributed by atoms with Crippen molar-refractivity contribution in [2.24, 2.45) is 5.73 Å². The second kappa shape index (κ2) is 10.1. The van der Waals surface area contributed by atoms with E-state index in [2.05, 4.69) is 52.4 Å². The van der Waals surface area contributed by atoms with Crippen molar-refractivity contribution >= 4 is 36.5 Å². The van der Waals surface area contributed by atoms with Crippen molar-refractivity contribution in [1.82, 2.24) is 0 Å². The Kier molecular flexibility index (Phi) is 9.25. The van der Waals surface area contributed by atoms with Crippen LogP contribution in [0.2, 0.25) is 63.5 Å². The number of nitrogens with two attached hydrogens (primary N) is 1. The van der Waals surface area contributed by atoms with E-state index in [0.717, 1.165) is 12.5 Å². The lowest BCUT2D eigenvalue weighted by Gasteiger charge is -2.43. The zero-order chi connectivity index (χ0) is 22.6. The predicted octanol–water partition coefficient (Wildman–Crippen LogP) is 3.66. The van der Waals surface area contributed by atoms with E-state index in [1.807, 2.05) is 0 Å². The van der Waals surface area contributed by atoms with Crippen molar-refractivity contribution in [3.63, 3.8) is 0 Å². The highest BCUT2D eigenvalue weighted by atomic mass is 28.4. The summed E-state index contributed by atoms with van der Waals surface area (Å²) in [6.07, 6.45) is 1.59. The van der Waals surface area contributed by atoms with E-state index >= 15 is 0 Å². The van der Waals surface area contributed by atoms with Crippen LogP contribution in [0.3, 0.4) is 0 Å². The van der Waals surface area contributed by atoms with Crippen molar-refractivity contribution in [2.75, 3.05) is 0 Å². The minimum absolute atomic E-state index is 0.314. The highest BCUT2D eigenvalue weighted by Crippen LogP contribution is 2.40. The summed E-state index contributed by atoms with van der Waals surface area (Å²) in [5, 5.41) is 10.6. The molecular formula is C20H41NO5Si3. The summed E-state index contributed by atoms with van der Waals surface area (Å²) < 4.78 is 12.1. The molecular weight excluding hydrogens is 418 g/mol. The molecule has 0 bridgehead atoms. The quantitative estimate of drug-likeness (QED) is 0.224. The van der Waals surface area contributed by atoms with Gasteiger partial charge in [-0.25, -0.2) is 4.79 Å². The third-order valence-electron chi connectivity index (χ3n) is 5.78. The van der Waals surface area contributed by atoms with Gasteiger partial charge in [-0.1, -0.05) is 32.3 Å². The Balaban J connectivity index is 2.67. The average molecular weight is 460 g/mol. The second-order valence-corrected chi connectivity index (χ2v) is 25.1. The number of ketones is 1. The van der Waals surface area contributed by atoms with E-state index in [9.17, 15) is 14.7 Å². The van der Waals surface area contributed by atoms with E-state index in [0.29, 0.717) is 18.4 Å². The summed E-state index contributed by atoms with van der Waals surface area (Å²) in [6.45, 7) is 19.6.